The molecule has 0 saturated carbocycles. The Balaban J connectivity index is 1.40. The van der Waals surface area contributed by atoms with Crippen LogP contribution in [0.3, 0.4) is 0 Å². The first-order valence-electron chi connectivity index (χ1n) is 11.6. The second-order valence-corrected chi connectivity index (χ2v) is 10.1. The van der Waals surface area contributed by atoms with Crippen molar-refractivity contribution >= 4 is 40.9 Å². The SMILES string of the molecule is CC(C)(C)OC(=O)N1CCCC(C(=O)NCCCn2c(=O)c3cc(F)ccc3n3c(=S)[nH]nc23)C1. The fourth-order valence-electron chi connectivity index (χ4n) is 4.28. The topological polar surface area (TPSA) is 114 Å². The van der Waals surface area contributed by atoms with E-state index in [2.05, 4.69) is 15.5 Å². The van der Waals surface area contributed by atoms with E-state index in [9.17, 15) is 18.8 Å². The van der Waals surface area contributed by atoms with Crippen molar-refractivity contribution in [2.45, 2.75) is 52.2 Å². The van der Waals surface area contributed by atoms with Crippen LogP contribution < -0.4 is 10.9 Å². The molecule has 1 aliphatic heterocycles. The highest BCUT2D eigenvalue weighted by molar-refractivity contribution is 7.71. The number of hydrogen-bond acceptors (Lipinski definition) is 6. The van der Waals surface area contributed by atoms with E-state index in [0.29, 0.717) is 48.5 Å². The summed E-state index contributed by atoms with van der Waals surface area (Å²) in [7, 11) is 0. The van der Waals surface area contributed by atoms with E-state index in [1.54, 1.807) is 30.1 Å². The molecule has 10 nitrogen and oxygen atoms in total. The number of amides is 2. The lowest BCUT2D eigenvalue weighted by atomic mass is 9.97. The summed E-state index contributed by atoms with van der Waals surface area (Å²) in [5.41, 5.74) is -0.503. The van der Waals surface area contributed by atoms with Crippen molar-refractivity contribution in [3.8, 4) is 0 Å². The normalized spacial score (nSPS) is 16.6. The molecule has 3 heterocycles. The van der Waals surface area contributed by atoms with Crippen molar-refractivity contribution in [2.75, 3.05) is 19.6 Å². The molecule has 35 heavy (non-hydrogen) atoms. The molecule has 0 bridgehead atoms. The predicted octanol–water partition coefficient (Wildman–Crippen LogP) is 3.00. The third kappa shape index (κ3) is 5.37. The summed E-state index contributed by atoms with van der Waals surface area (Å²) >= 11 is 5.29. The minimum atomic E-state index is -0.594. The van der Waals surface area contributed by atoms with Gasteiger partial charge in [-0.3, -0.25) is 18.6 Å². The number of H-pyrrole nitrogens is 1. The Morgan fingerprint density at radius 1 is 1.34 bits per heavy atom. The maximum Gasteiger partial charge on any atom is 0.410 e. The number of nitrogens with one attached hydrogen (secondary N) is 2. The molecule has 2 aromatic heterocycles. The molecule has 12 heteroatoms. The van der Waals surface area contributed by atoms with E-state index >= 15 is 0 Å². The molecule has 3 aromatic rings. The van der Waals surface area contributed by atoms with Gasteiger partial charge in [0, 0.05) is 26.2 Å². The van der Waals surface area contributed by atoms with Gasteiger partial charge in [0.25, 0.3) is 5.56 Å². The van der Waals surface area contributed by atoms with Crippen molar-refractivity contribution < 1.29 is 18.7 Å². The first kappa shape index (κ1) is 24.8. The molecule has 188 valence electrons. The van der Waals surface area contributed by atoms with Crippen LogP contribution in [0.2, 0.25) is 0 Å². The zero-order chi connectivity index (χ0) is 25.3. The van der Waals surface area contributed by atoms with E-state index in [4.69, 9.17) is 17.0 Å². The van der Waals surface area contributed by atoms with Gasteiger partial charge in [0.2, 0.25) is 16.5 Å². The van der Waals surface area contributed by atoms with Gasteiger partial charge in [-0.2, -0.15) is 0 Å². The number of rotatable bonds is 5. The van der Waals surface area contributed by atoms with E-state index in [1.807, 2.05) is 0 Å². The van der Waals surface area contributed by atoms with Crippen LogP contribution in [-0.2, 0) is 16.1 Å². The third-order valence-electron chi connectivity index (χ3n) is 5.87. The number of aromatic nitrogens is 4. The Hall–Kier alpha value is -3.28. The van der Waals surface area contributed by atoms with Crippen LogP contribution >= 0.6 is 12.2 Å². The van der Waals surface area contributed by atoms with Crippen LogP contribution in [-0.4, -0.2) is 61.3 Å². The lowest BCUT2D eigenvalue weighted by molar-refractivity contribution is -0.126. The number of benzene rings is 1. The standard InChI is InChI=1S/C23H29FN6O4S/c1-23(2,3)34-22(33)28-10-4-6-14(13-28)18(31)25-9-5-11-29-19(32)16-12-15(24)7-8-17(16)30-20(29)26-27-21(30)35/h7-8,12,14H,4-6,9-11,13H2,1-3H3,(H,25,31)(H,27,35). The molecule has 1 atom stereocenters. The van der Waals surface area contributed by atoms with Gasteiger partial charge in [0.15, 0.2) is 0 Å². The summed E-state index contributed by atoms with van der Waals surface area (Å²) in [6, 6.07) is 3.95. The molecule has 1 saturated heterocycles. The van der Waals surface area contributed by atoms with Crippen LogP contribution in [0.15, 0.2) is 23.0 Å². The molecule has 1 aliphatic rings. The molecule has 2 amide bonds. The van der Waals surface area contributed by atoms with Gasteiger partial charge in [-0.05, 0) is 70.5 Å². The van der Waals surface area contributed by atoms with Crippen molar-refractivity contribution in [3.05, 3.63) is 39.1 Å². The largest absolute Gasteiger partial charge is 0.444 e. The molecular weight excluding hydrogens is 475 g/mol. The van der Waals surface area contributed by atoms with Gasteiger partial charge in [0.05, 0.1) is 16.8 Å². The molecule has 4 rings (SSSR count). The second-order valence-electron chi connectivity index (χ2n) is 9.69. The third-order valence-corrected chi connectivity index (χ3v) is 6.15. The molecule has 0 spiro atoms. The number of nitrogens with zero attached hydrogens (tertiary/aromatic N) is 4. The van der Waals surface area contributed by atoms with Crippen LogP contribution in [0.1, 0.15) is 40.0 Å². The van der Waals surface area contributed by atoms with E-state index < -0.39 is 17.5 Å². The van der Waals surface area contributed by atoms with Gasteiger partial charge in [-0.15, -0.1) is 5.10 Å². The van der Waals surface area contributed by atoms with Gasteiger partial charge in [-0.25, -0.2) is 14.3 Å². The van der Waals surface area contributed by atoms with Gasteiger partial charge in [0.1, 0.15) is 11.4 Å². The second kappa shape index (κ2) is 9.76. The monoisotopic (exact) mass is 504 g/mol. The van der Waals surface area contributed by atoms with Gasteiger partial charge < -0.3 is 15.0 Å². The maximum atomic E-state index is 13.8. The Bertz CT molecular complexity index is 1390. The van der Waals surface area contributed by atoms with Crippen molar-refractivity contribution in [1.82, 2.24) is 29.4 Å². The Kier molecular flexibility index (Phi) is 6.93. The fourth-order valence-corrected chi connectivity index (χ4v) is 4.50. The van der Waals surface area contributed by atoms with Crippen LogP contribution in [0, 0.1) is 16.5 Å². The van der Waals surface area contributed by atoms with Crippen molar-refractivity contribution in [3.63, 3.8) is 0 Å². The number of carbonyl (C=O) groups excluding carboxylic acids is 2. The summed E-state index contributed by atoms with van der Waals surface area (Å²) in [4.78, 5) is 39.7. The summed E-state index contributed by atoms with van der Waals surface area (Å²) in [6.07, 6.45) is 1.44. The number of aromatic amines is 1. The molecule has 1 aromatic carbocycles. The quantitative estimate of drug-likeness (QED) is 0.408. The van der Waals surface area contributed by atoms with Crippen molar-refractivity contribution in [2.24, 2.45) is 5.92 Å². The number of ether oxygens (including phenoxy) is 1. The summed E-state index contributed by atoms with van der Waals surface area (Å²) in [6.45, 7) is 6.87. The van der Waals surface area contributed by atoms with Crippen LogP contribution in [0.4, 0.5) is 9.18 Å². The number of piperidine rings is 1. The maximum absolute atomic E-state index is 13.8. The Morgan fingerprint density at radius 2 is 2.11 bits per heavy atom. The number of aryl methyl sites for hydroxylation is 1. The number of fused-ring (bicyclic) bond motifs is 3. The highest BCUT2D eigenvalue weighted by atomic mass is 32.1. The Morgan fingerprint density at radius 3 is 2.86 bits per heavy atom. The fraction of sp³-hybridized carbons (Fsp3) is 0.522. The molecule has 2 N–H and O–H groups in total. The van der Waals surface area contributed by atoms with Gasteiger partial charge >= 0.3 is 6.09 Å². The molecule has 0 aliphatic carbocycles. The lowest BCUT2D eigenvalue weighted by Gasteiger charge is -2.33. The predicted molar refractivity (Wildman–Crippen MR) is 130 cm³/mol. The average Bonchev–Trinajstić information content (AvgIpc) is 3.18. The molecule has 1 unspecified atom stereocenters. The zero-order valence-corrected chi connectivity index (χ0v) is 20.8. The highest BCUT2D eigenvalue weighted by Crippen LogP contribution is 2.20. The summed E-state index contributed by atoms with van der Waals surface area (Å²) in [5, 5.41) is 9.95. The Labute approximate surface area is 206 Å². The summed E-state index contributed by atoms with van der Waals surface area (Å²) < 4.78 is 22.6. The van der Waals surface area contributed by atoms with Crippen LogP contribution in [0.25, 0.3) is 16.7 Å². The van der Waals surface area contributed by atoms with Crippen LogP contribution in [0.5, 0.6) is 0 Å². The highest BCUT2D eigenvalue weighted by Gasteiger charge is 2.30. The number of hydrogen-bond donors (Lipinski definition) is 2. The van der Waals surface area contributed by atoms with Crippen molar-refractivity contribution in [1.29, 1.82) is 0 Å². The minimum absolute atomic E-state index is 0.140. The first-order valence-corrected chi connectivity index (χ1v) is 12.0. The summed E-state index contributed by atoms with van der Waals surface area (Å²) in [5.74, 6) is -0.654. The smallest absolute Gasteiger partial charge is 0.410 e. The number of carbonyl (C=O) groups is 2. The lowest BCUT2D eigenvalue weighted by Crippen LogP contribution is -2.47. The first-order chi connectivity index (χ1) is 16.5. The molecule has 0 radical (unpaired) electrons. The van der Waals surface area contributed by atoms with Gasteiger partial charge in [-0.1, -0.05) is 0 Å². The minimum Gasteiger partial charge on any atom is -0.444 e. The van der Waals surface area contributed by atoms with E-state index in [0.717, 1.165) is 6.42 Å². The number of halogens is 1. The molecular formula is C23H29FN6O4S. The average molecular weight is 505 g/mol. The number of likely N-dealkylation sites (tertiary alicyclic amines) is 1. The zero-order valence-electron chi connectivity index (χ0n) is 20.0. The molecule has 1 fully saturated rings. The van der Waals surface area contributed by atoms with E-state index in [1.165, 1.54) is 22.8 Å². The van der Waals surface area contributed by atoms with E-state index in [-0.39, 0.29) is 29.3 Å².